The van der Waals surface area contributed by atoms with Gasteiger partial charge in [0.2, 0.25) is 11.8 Å². The number of aromatic nitrogens is 2. The molecule has 7 nitrogen and oxygen atoms in total. The van der Waals surface area contributed by atoms with Gasteiger partial charge in [0, 0.05) is 39.5 Å². The van der Waals surface area contributed by atoms with E-state index in [1.807, 2.05) is 0 Å². The van der Waals surface area contributed by atoms with Crippen LogP contribution in [-0.4, -0.2) is 65.4 Å². The summed E-state index contributed by atoms with van der Waals surface area (Å²) in [4.78, 5) is 34.2. The van der Waals surface area contributed by atoms with Crippen molar-refractivity contribution in [2.45, 2.75) is 13.0 Å². The molecule has 1 N–H and O–H groups in total. The number of hydrogen-bond acceptors (Lipinski definition) is 4. The maximum atomic E-state index is 13.2. The van der Waals surface area contributed by atoms with Crippen molar-refractivity contribution in [3.05, 3.63) is 29.8 Å². The Balaban J connectivity index is 1.45. The SMILES string of the molecule is CN(C[C@H]1CC(=O)N(C)C1)C(=O)COCc1nc2ccc(F)cc2[nH]1. The number of H-pyrrole nitrogens is 1. The fraction of sp³-hybridized carbons (Fsp3) is 0.471. The van der Waals surface area contributed by atoms with E-state index < -0.39 is 0 Å². The number of carbonyl (C=O) groups excluding carboxylic acids is 2. The lowest BCUT2D eigenvalue weighted by Gasteiger charge is -2.20. The zero-order valence-electron chi connectivity index (χ0n) is 14.3. The van der Waals surface area contributed by atoms with Crippen molar-refractivity contribution in [2.24, 2.45) is 5.92 Å². The van der Waals surface area contributed by atoms with Gasteiger partial charge in [0.05, 0.1) is 11.0 Å². The standard InChI is InChI=1S/C17H21FN4O3/c1-21-7-11(5-16(21)23)8-22(2)17(24)10-25-9-15-19-13-4-3-12(18)6-14(13)20-15/h3-4,6,11H,5,7-10H2,1-2H3,(H,19,20)/t11-/m0/s1. The van der Waals surface area contributed by atoms with Crippen LogP contribution in [0.4, 0.5) is 4.39 Å². The monoisotopic (exact) mass is 348 g/mol. The number of amides is 2. The normalized spacial score (nSPS) is 17.5. The number of fused-ring (bicyclic) bond motifs is 1. The van der Waals surface area contributed by atoms with Crippen LogP contribution in [0.1, 0.15) is 12.2 Å². The second-order valence-electron chi connectivity index (χ2n) is 6.46. The Bertz CT molecular complexity index is 791. The van der Waals surface area contributed by atoms with E-state index in [4.69, 9.17) is 4.74 Å². The summed E-state index contributed by atoms with van der Waals surface area (Å²) in [5, 5.41) is 0. The van der Waals surface area contributed by atoms with Crippen molar-refractivity contribution in [1.82, 2.24) is 19.8 Å². The van der Waals surface area contributed by atoms with Gasteiger partial charge < -0.3 is 19.5 Å². The third-order valence-electron chi connectivity index (χ3n) is 4.34. The van der Waals surface area contributed by atoms with E-state index in [2.05, 4.69) is 9.97 Å². The summed E-state index contributed by atoms with van der Waals surface area (Å²) >= 11 is 0. The van der Waals surface area contributed by atoms with Gasteiger partial charge in [-0.15, -0.1) is 0 Å². The predicted molar refractivity (Wildman–Crippen MR) is 89.1 cm³/mol. The number of benzene rings is 1. The molecule has 1 aliphatic heterocycles. The smallest absolute Gasteiger partial charge is 0.248 e. The molecule has 25 heavy (non-hydrogen) atoms. The van der Waals surface area contributed by atoms with Crippen molar-refractivity contribution in [2.75, 3.05) is 33.8 Å². The molecule has 1 aromatic heterocycles. The number of ether oxygens (including phenoxy) is 1. The average molecular weight is 348 g/mol. The first kappa shape index (κ1) is 17.3. The molecule has 0 unspecified atom stereocenters. The molecule has 2 aromatic rings. The van der Waals surface area contributed by atoms with Crippen molar-refractivity contribution in [1.29, 1.82) is 0 Å². The summed E-state index contributed by atoms with van der Waals surface area (Å²) in [6.45, 7) is 1.27. The third-order valence-corrected chi connectivity index (χ3v) is 4.34. The Morgan fingerprint density at radius 3 is 3.04 bits per heavy atom. The molecule has 1 saturated heterocycles. The van der Waals surface area contributed by atoms with E-state index in [0.717, 1.165) is 0 Å². The highest BCUT2D eigenvalue weighted by Gasteiger charge is 2.28. The summed E-state index contributed by atoms with van der Waals surface area (Å²) in [5.41, 5.74) is 1.25. The van der Waals surface area contributed by atoms with Crippen LogP contribution in [-0.2, 0) is 20.9 Å². The van der Waals surface area contributed by atoms with Gasteiger partial charge in [-0.2, -0.15) is 0 Å². The van der Waals surface area contributed by atoms with Crippen LogP contribution >= 0.6 is 0 Å². The molecule has 1 atom stereocenters. The van der Waals surface area contributed by atoms with Gasteiger partial charge in [-0.25, -0.2) is 9.37 Å². The van der Waals surface area contributed by atoms with E-state index in [0.29, 0.717) is 36.4 Å². The molecule has 2 heterocycles. The van der Waals surface area contributed by atoms with Crippen LogP contribution in [0.25, 0.3) is 11.0 Å². The molecule has 8 heteroatoms. The molecule has 0 bridgehead atoms. The van der Waals surface area contributed by atoms with Gasteiger partial charge in [-0.3, -0.25) is 9.59 Å². The minimum absolute atomic E-state index is 0.0710. The fourth-order valence-corrected chi connectivity index (χ4v) is 3.02. The Morgan fingerprint density at radius 2 is 2.32 bits per heavy atom. The molecule has 1 aliphatic rings. The molecule has 0 spiro atoms. The largest absolute Gasteiger partial charge is 0.364 e. The molecule has 134 valence electrons. The average Bonchev–Trinajstić information content (AvgIpc) is 3.09. The van der Waals surface area contributed by atoms with Crippen molar-refractivity contribution in [3.63, 3.8) is 0 Å². The molecule has 2 amide bonds. The Labute approximate surface area is 144 Å². The summed E-state index contributed by atoms with van der Waals surface area (Å²) in [7, 11) is 3.48. The zero-order chi connectivity index (χ0) is 18.0. The van der Waals surface area contributed by atoms with Crippen LogP contribution in [0, 0.1) is 11.7 Å². The topological polar surface area (TPSA) is 78.5 Å². The van der Waals surface area contributed by atoms with E-state index in [1.165, 1.54) is 12.1 Å². The van der Waals surface area contributed by atoms with Gasteiger partial charge in [0.1, 0.15) is 24.9 Å². The first-order valence-corrected chi connectivity index (χ1v) is 8.12. The fourth-order valence-electron chi connectivity index (χ4n) is 3.02. The number of likely N-dealkylation sites (N-methyl/N-ethyl adjacent to an activating group) is 1. The molecule has 3 rings (SSSR count). The van der Waals surface area contributed by atoms with Crippen molar-refractivity contribution < 1.29 is 18.7 Å². The summed E-state index contributed by atoms with van der Waals surface area (Å²) in [6, 6.07) is 4.30. The van der Waals surface area contributed by atoms with Crippen LogP contribution in [0.15, 0.2) is 18.2 Å². The lowest BCUT2D eigenvalue weighted by molar-refractivity contribution is -0.136. The summed E-state index contributed by atoms with van der Waals surface area (Å²) < 4.78 is 18.6. The van der Waals surface area contributed by atoms with Gasteiger partial charge in [-0.1, -0.05) is 0 Å². The van der Waals surface area contributed by atoms with Gasteiger partial charge in [0.25, 0.3) is 0 Å². The number of halogens is 1. The highest BCUT2D eigenvalue weighted by atomic mass is 19.1. The number of rotatable bonds is 6. The molecule has 0 radical (unpaired) electrons. The van der Waals surface area contributed by atoms with Crippen LogP contribution in [0.2, 0.25) is 0 Å². The number of hydrogen-bond donors (Lipinski definition) is 1. The minimum atomic E-state index is -0.337. The van der Waals surface area contributed by atoms with E-state index >= 15 is 0 Å². The molecule has 0 saturated carbocycles. The highest BCUT2D eigenvalue weighted by molar-refractivity contribution is 5.79. The van der Waals surface area contributed by atoms with E-state index in [-0.39, 0.29) is 36.8 Å². The zero-order valence-corrected chi connectivity index (χ0v) is 14.3. The van der Waals surface area contributed by atoms with Crippen molar-refractivity contribution in [3.8, 4) is 0 Å². The predicted octanol–water partition coefficient (Wildman–Crippen LogP) is 1.16. The minimum Gasteiger partial charge on any atom is -0.364 e. The summed E-state index contributed by atoms with van der Waals surface area (Å²) in [6.07, 6.45) is 0.477. The number of carbonyl (C=O) groups is 2. The first-order valence-electron chi connectivity index (χ1n) is 8.12. The van der Waals surface area contributed by atoms with Crippen LogP contribution < -0.4 is 0 Å². The number of nitrogens with zero attached hydrogens (tertiary/aromatic N) is 3. The maximum absolute atomic E-state index is 13.2. The molecule has 1 fully saturated rings. The Hall–Kier alpha value is -2.48. The van der Waals surface area contributed by atoms with Crippen molar-refractivity contribution >= 4 is 22.8 Å². The number of likely N-dealkylation sites (tertiary alicyclic amines) is 1. The number of aromatic amines is 1. The van der Waals surface area contributed by atoms with Crippen LogP contribution in [0.5, 0.6) is 0 Å². The maximum Gasteiger partial charge on any atom is 0.248 e. The van der Waals surface area contributed by atoms with Crippen LogP contribution in [0.3, 0.4) is 0 Å². The molecule has 1 aromatic carbocycles. The lowest BCUT2D eigenvalue weighted by Crippen LogP contribution is -2.35. The lowest BCUT2D eigenvalue weighted by atomic mass is 10.1. The van der Waals surface area contributed by atoms with Gasteiger partial charge >= 0.3 is 0 Å². The third kappa shape index (κ3) is 4.14. The highest BCUT2D eigenvalue weighted by Crippen LogP contribution is 2.17. The molecular formula is C17H21FN4O3. The second-order valence-corrected chi connectivity index (χ2v) is 6.46. The van der Waals surface area contributed by atoms with Gasteiger partial charge in [0.15, 0.2) is 0 Å². The number of imidazole rings is 1. The van der Waals surface area contributed by atoms with E-state index in [9.17, 15) is 14.0 Å². The second kappa shape index (κ2) is 7.18. The van der Waals surface area contributed by atoms with Gasteiger partial charge in [-0.05, 0) is 18.2 Å². The Kier molecular flexibility index (Phi) is 4.98. The molecular weight excluding hydrogens is 327 g/mol. The quantitative estimate of drug-likeness (QED) is 0.850. The first-order chi connectivity index (χ1) is 11.9. The van der Waals surface area contributed by atoms with E-state index in [1.54, 1.807) is 30.0 Å². The summed E-state index contributed by atoms with van der Waals surface area (Å²) in [5.74, 6) is 0.333. The molecule has 0 aliphatic carbocycles. The Morgan fingerprint density at radius 1 is 1.52 bits per heavy atom. The number of nitrogens with one attached hydrogen (secondary N) is 1.